The first kappa shape index (κ1) is 17.5. The molecule has 1 saturated heterocycles. The van der Waals surface area contributed by atoms with Crippen LogP contribution in [0.1, 0.15) is 44.4 Å². The van der Waals surface area contributed by atoms with Gasteiger partial charge in [0.05, 0.1) is 21.0 Å². The Hall–Kier alpha value is -2.93. The standard InChI is InChI=1S/C20H19N3O3S/c24-19(18-6-5-17(27-18)16-7-10-21-22-16)23-11-8-13(9-12-23)14-3-1-2-4-15(14)20(25)26/h1-7,10,13H,8-9,11-12H2,(H,21,22)(H,25,26). The zero-order chi connectivity index (χ0) is 18.8. The van der Waals surface area contributed by atoms with Crippen molar-refractivity contribution in [1.82, 2.24) is 15.1 Å². The van der Waals surface area contributed by atoms with E-state index in [0.717, 1.165) is 29.0 Å². The topological polar surface area (TPSA) is 86.3 Å². The predicted octanol–water partition coefficient (Wildman–Crippen LogP) is 3.86. The highest BCUT2D eigenvalue weighted by Crippen LogP contribution is 2.32. The number of hydrogen-bond acceptors (Lipinski definition) is 4. The van der Waals surface area contributed by atoms with E-state index in [2.05, 4.69) is 10.2 Å². The van der Waals surface area contributed by atoms with Crippen LogP contribution in [0.2, 0.25) is 0 Å². The molecular formula is C20H19N3O3S. The molecule has 0 bridgehead atoms. The summed E-state index contributed by atoms with van der Waals surface area (Å²) in [5.41, 5.74) is 2.14. The second kappa shape index (κ2) is 7.36. The molecular weight excluding hydrogens is 362 g/mol. The zero-order valence-corrected chi connectivity index (χ0v) is 15.4. The van der Waals surface area contributed by atoms with Crippen molar-refractivity contribution in [3.05, 3.63) is 64.7 Å². The van der Waals surface area contributed by atoms with Gasteiger partial charge in [-0.25, -0.2) is 4.79 Å². The number of hydrogen-bond donors (Lipinski definition) is 2. The molecule has 0 aliphatic carbocycles. The molecule has 1 amide bonds. The van der Waals surface area contributed by atoms with Gasteiger partial charge in [0, 0.05) is 19.3 Å². The van der Waals surface area contributed by atoms with Gasteiger partial charge in [0.15, 0.2) is 0 Å². The molecule has 4 rings (SSSR count). The summed E-state index contributed by atoms with van der Waals surface area (Å²) < 4.78 is 0. The van der Waals surface area contributed by atoms with Gasteiger partial charge in [0.2, 0.25) is 0 Å². The van der Waals surface area contributed by atoms with Gasteiger partial charge in [-0.15, -0.1) is 11.3 Å². The number of aromatic amines is 1. The molecule has 0 radical (unpaired) electrons. The quantitative estimate of drug-likeness (QED) is 0.719. The minimum absolute atomic E-state index is 0.0377. The van der Waals surface area contributed by atoms with Gasteiger partial charge in [-0.05, 0) is 48.6 Å². The third-order valence-corrected chi connectivity index (χ3v) is 6.10. The highest BCUT2D eigenvalue weighted by Gasteiger charge is 2.27. The lowest BCUT2D eigenvalue weighted by atomic mass is 9.86. The molecule has 2 aromatic heterocycles. The predicted molar refractivity (Wildman–Crippen MR) is 103 cm³/mol. The summed E-state index contributed by atoms with van der Waals surface area (Å²) in [5, 5.41) is 16.3. The van der Waals surface area contributed by atoms with Crippen LogP contribution >= 0.6 is 11.3 Å². The maximum Gasteiger partial charge on any atom is 0.335 e. The number of rotatable bonds is 4. The van der Waals surface area contributed by atoms with Gasteiger partial charge in [-0.2, -0.15) is 5.10 Å². The SMILES string of the molecule is O=C(O)c1ccccc1C1CCN(C(=O)c2ccc(-c3ccn[nH]3)s2)CC1. The molecule has 1 fully saturated rings. The number of nitrogens with one attached hydrogen (secondary N) is 1. The van der Waals surface area contributed by atoms with E-state index in [-0.39, 0.29) is 11.8 Å². The van der Waals surface area contributed by atoms with Crippen molar-refractivity contribution in [1.29, 1.82) is 0 Å². The van der Waals surface area contributed by atoms with Gasteiger partial charge < -0.3 is 10.0 Å². The van der Waals surface area contributed by atoms with Crippen molar-refractivity contribution >= 4 is 23.2 Å². The highest BCUT2D eigenvalue weighted by molar-refractivity contribution is 7.17. The van der Waals surface area contributed by atoms with E-state index in [1.54, 1.807) is 18.3 Å². The number of H-pyrrole nitrogens is 1. The highest BCUT2D eigenvalue weighted by atomic mass is 32.1. The van der Waals surface area contributed by atoms with Gasteiger partial charge >= 0.3 is 5.97 Å². The Kier molecular flexibility index (Phi) is 4.77. The van der Waals surface area contributed by atoms with Gasteiger partial charge in [-0.3, -0.25) is 9.89 Å². The summed E-state index contributed by atoms with van der Waals surface area (Å²) in [7, 11) is 0. The molecule has 0 unspecified atom stereocenters. The third-order valence-electron chi connectivity index (χ3n) is 5.00. The van der Waals surface area contributed by atoms with Crippen molar-refractivity contribution in [2.24, 2.45) is 0 Å². The number of aromatic carboxylic acids is 1. The lowest BCUT2D eigenvalue weighted by molar-refractivity contribution is 0.0681. The zero-order valence-electron chi connectivity index (χ0n) is 14.6. The fraction of sp³-hybridized carbons (Fsp3) is 0.250. The number of aromatic nitrogens is 2. The molecule has 1 aliphatic rings. The summed E-state index contributed by atoms with van der Waals surface area (Å²) in [4.78, 5) is 27.8. The van der Waals surface area contributed by atoms with E-state index in [1.165, 1.54) is 11.3 Å². The third kappa shape index (κ3) is 3.50. The first-order valence-corrected chi connectivity index (χ1v) is 9.66. The van der Waals surface area contributed by atoms with E-state index >= 15 is 0 Å². The maximum atomic E-state index is 12.8. The second-order valence-corrected chi connectivity index (χ2v) is 7.68. The van der Waals surface area contributed by atoms with E-state index in [4.69, 9.17) is 0 Å². The Morgan fingerprint density at radius 2 is 1.89 bits per heavy atom. The Balaban J connectivity index is 1.44. The van der Waals surface area contributed by atoms with Crippen LogP contribution in [0.15, 0.2) is 48.7 Å². The maximum absolute atomic E-state index is 12.8. The summed E-state index contributed by atoms with van der Waals surface area (Å²) in [6.45, 7) is 1.27. The van der Waals surface area contributed by atoms with Crippen molar-refractivity contribution in [3.8, 4) is 10.6 Å². The summed E-state index contributed by atoms with van der Waals surface area (Å²) >= 11 is 1.46. The number of amides is 1. The van der Waals surface area contributed by atoms with Crippen LogP contribution in [-0.2, 0) is 0 Å². The average Bonchev–Trinajstić information content (AvgIpc) is 3.39. The Bertz CT molecular complexity index is 957. The van der Waals surface area contributed by atoms with Crippen molar-refractivity contribution < 1.29 is 14.7 Å². The van der Waals surface area contributed by atoms with E-state index in [9.17, 15) is 14.7 Å². The summed E-state index contributed by atoms with van der Waals surface area (Å²) in [6, 6.07) is 12.8. The van der Waals surface area contributed by atoms with Gasteiger partial charge in [0.25, 0.3) is 5.91 Å². The molecule has 7 heteroatoms. The number of piperidine rings is 1. The van der Waals surface area contributed by atoms with Crippen LogP contribution in [0.25, 0.3) is 10.6 Å². The molecule has 3 aromatic rings. The molecule has 0 spiro atoms. The van der Waals surface area contributed by atoms with Crippen molar-refractivity contribution in [3.63, 3.8) is 0 Å². The first-order valence-electron chi connectivity index (χ1n) is 8.84. The average molecular weight is 381 g/mol. The molecule has 138 valence electrons. The molecule has 3 heterocycles. The smallest absolute Gasteiger partial charge is 0.335 e. The number of benzene rings is 1. The van der Waals surface area contributed by atoms with Gasteiger partial charge in [-0.1, -0.05) is 18.2 Å². The van der Waals surface area contributed by atoms with Crippen LogP contribution in [0.5, 0.6) is 0 Å². The number of thiophene rings is 1. The molecule has 27 heavy (non-hydrogen) atoms. The van der Waals surface area contributed by atoms with E-state index in [1.807, 2.05) is 35.2 Å². The monoisotopic (exact) mass is 381 g/mol. The van der Waals surface area contributed by atoms with E-state index in [0.29, 0.717) is 23.5 Å². The fourth-order valence-electron chi connectivity index (χ4n) is 3.59. The van der Waals surface area contributed by atoms with Gasteiger partial charge in [0.1, 0.15) is 0 Å². The van der Waals surface area contributed by atoms with Crippen LogP contribution in [0, 0.1) is 0 Å². The molecule has 0 saturated carbocycles. The molecule has 2 N–H and O–H groups in total. The molecule has 6 nitrogen and oxygen atoms in total. The first-order chi connectivity index (χ1) is 13.1. The Morgan fingerprint density at radius 3 is 2.59 bits per heavy atom. The summed E-state index contributed by atoms with van der Waals surface area (Å²) in [6.07, 6.45) is 3.24. The second-order valence-electron chi connectivity index (χ2n) is 6.59. The molecule has 1 aliphatic heterocycles. The molecule has 1 aromatic carbocycles. The fourth-order valence-corrected chi connectivity index (χ4v) is 4.54. The van der Waals surface area contributed by atoms with Crippen LogP contribution in [0.3, 0.4) is 0 Å². The van der Waals surface area contributed by atoms with Crippen molar-refractivity contribution in [2.75, 3.05) is 13.1 Å². The van der Waals surface area contributed by atoms with Crippen LogP contribution < -0.4 is 0 Å². The minimum Gasteiger partial charge on any atom is -0.478 e. The number of likely N-dealkylation sites (tertiary alicyclic amines) is 1. The normalized spacial score (nSPS) is 15.0. The number of carbonyl (C=O) groups excluding carboxylic acids is 1. The number of carbonyl (C=O) groups is 2. The van der Waals surface area contributed by atoms with E-state index < -0.39 is 5.97 Å². The Labute approximate surface area is 160 Å². The number of carboxylic acid groups (broad SMARTS) is 1. The Morgan fingerprint density at radius 1 is 1.11 bits per heavy atom. The number of carboxylic acids is 1. The lowest BCUT2D eigenvalue weighted by Crippen LogP contribution is -2.37. The lowest BCUT2D eigenvalue weighted by Gasteiger charge is -2.32. The van der Waals surface area contributed by atoms with Crippen LogP contribution in [0.4, 0.5) is 0 Å². The number of nitrogens with zero attached hydrogens (tertiary/aromatic N) is 2. The largest absolute Gasteiger partial charge is 0.478 e. The minimum atomic E-state index is -0.894. The van der Waals surface area contributed by atoms with Crippen molar-refractivity contribution in [2.45, 2.75) is 18.8 Å². The molecule has 0 atom stereocenters. The summed E-state index contributed by atoms with van der Waals surface area (Å²) in [5.74, 6) is -0.685. The van der Waals surface area contributed by atoms with Crippen LogP contribution in [-0.4, -0.2) is 45.2 Å².